The van der Waals surface area contributed by atoms with Crippen LogP contribution in [0.3, 0.4) is 0 Å². The van der Waals surface area contributed by atoms with E-state index in [-0.39, 0.29) is 5.82 Å². The van der Waals surface area contributed by atoms with Crippen LogP contribution in [0.1, 0.15) is 18.1 Å². The highest BCUT2D eigenvalue weighted by Crippen LogP contribution is 2.34. The first-order valence-electron chi connectivity index (χ1n) is 5.84. The standard InChI is InChI=1S/C15H15ClFNO/c1-15(18,10-3-5-11(16)6-4-10)13-9-12(17)7-8-14(13)19-2/h3-9H,18H2,1-2H3. The maximum Gasteiger partial charge on any atom is 0.124 e. The molecule has 2 rings (SSSR count). The van der Waals surface area contributed by atoms with Crippen LogP contribution in [0.2, 0.25) is 5.02 Å². The van der Waals surface area contributed by atoms with E-state index in [9.17, 15) is 4.39 Å². The summed E-state index contributed by atoms with van der Waals surface area (Å²) in [5.74, 6) is 0.211. The molecule has 0 saturated heterocycles. The van der Waals surface area contributed by atoms with Gasteiger partial charge < -0.3 is 10.5 Å². The van der Waals surface area contributed by atoms with Crippen molar-refractivity contribution in [2.75, 3.05) is 7.11 Å². The van der Waals surface area contributed by atoms with Crippen LogP contribution >= 0.6 is 11.6 Å². The third kappa shape index (κ3) is 2.72. The van der Waals surface area contributed by atoms with Crippen LogP contribution in [0.15, 0.2) is 42.5 Å². The lowest BCUT2D eigenvalue weighted by atomic mass is 9.85. The number of methoxy groups -OCH3 is 1. The molecule has 2 N–H and O–H groups in total. The Morgan fingerprint density at radius 1 is 1.16 bits per heavy atom. The van der Waals surface area contributed by atoms with Crippen molar-refractivity contribution in [3.05, 3.63) is 64.4 Å². The molecule has 4 heteroatoms. The summed E-state index contributed by atoms with van der Waals surface area (Å²) < 4.78 is 18.7. The highest BCUT2D eigenvalue weighted by Gasteiger charge is 2.27. The predicted octanol–water partition coefficient (Wildman–Crippen LogP) is 3.71. The van der Waals surface area contributed by atoms with Crippen LogP contribution in [0.5, 0.6) is 5.75 Å². The second-order valence-electron chi connectivity index (χ2n) is 4.55. The summed E-state index contributed by atoms with van der Waals surface area (Å²) in [6.45, 7) is 1.81. The van der Waals surface area contributed by atoms with Gasteiger partial charge in [0, 0.05) is 10.6 Å². The van der Waals surface area contributed by atoms with Gasteiger partial charge in [0.1, 0.15) is 11.6 Å². The van der Waals surface area contributed by atoms with Crippen LogP contribution < -0.4 is 10.5 Å². The summed E-state index contributed by atoms with van der Waals surface area (Å²) in [6.07, 6.45) is 0. The molecule has 1 atom stereocenters. The second-order valence-corrected chi connectivity index (χ2v) is 4.99. The topological polar surface area (TPSA) is 35.2 Å². The van der Waals surface area contributed by atoms with Gasteiger partial charge in [-0.3, -0.25) is 0 Å². The monoisotopic (exact) mass is 279 g/mol. The summed E-state index contributed by atoms with van der Waals surface area (Å²) in [6, 6.07) is 11.5. The molecule has 0 heterocycles. The summed E-state index contributed by atoms with van der Waals surface area (Å²) in [7, 11) is 1.54. The van der Waals surface area contributed by atoms with E-state index in [4.69, 9.17) is 22.1 Å². The van der Waals surface area contributed by atoms with E-state index in [0.29, 0.717) is 16.3 Å². The van der Waals surface area contributed by atoms with Crippen molar-refractivity contribution in [1.82, 2.24) is 0 Å². The minimum atomic E-state index is -0.863. The van der Waals surface area contributed by atoms with Gasteiger partial charge in [0.2, 0.25) is 0 Å². The van der Waals surface area contributed by atoms with Gasteiger partial charge in [0.05, 0.1) is 12.6 Å². The third-order valence-electron chi connectivity index (χ3n) is 3.16. The molecule has 0 amide bonds. The van der Waals surface area contributed by atoms with Gasteiger partial charge in [-0.15, -0.1) is 0 Å². The Morgan fingerprint density at radius 2 is 1.79 bits per heavy atom. The first-order valence-corrected chi connectivity index (χ1v) is 6.22. The molecule has 100 valence electrons. The second kappa shape index (κ2) is 5.19. The van der Waals surface area contributed by atoms with Gasteiger partial charge in [0.25, 0.3) is 0 Å². The zero-order chi connectivity index (χ0) is 14.0. The molecule has 0 saturated carbocycles. The Bertz CT molecular complexity index is 581. The van der Waals surface area contributed by atoms with Gasteiger partial charge in [-0.2, -0.15) is 0 Å². The molecule has 0 aliphatic heterocycles. The van der Waals surface area contributed by atoms with Crippen LogP contribution in [0.4, 0.5) is 4.39 Å². The molecule has 2 aromatic rings. The van der Waals surface area contributed by atoms with Crippen molar-refractivity contribution in [2.45, 2.75) is 12.5 Å². The minimum Gasteiger partial charge on any atom is -0.496 e. The molecular weight excluding hydrogens is 265 g/mol. The SMILES string of the molecule is COc1ccc(F)cc1C(C)(N)c1ccc(Cl)cc1. The zero-order valence-corrected chi connectivity index (χ0v) is 11.5. The van der Waals surface area contributed by atoms with Crippen molar-refractivity contribution in [3.63, 3.8) is 0 Å². The van der Waals surface area contributed by atoms with Gasteiger partial charge in [0.15, 0.2) is 0 Å². The van der Waals surface area contributed by atoms with Crippen molar-refractivity contribution >= 4 is 11.6 Å². The number of rotatable bonds is 3. The first-order chi connectivity index (χ1) is 8.95. The van der Waals surface area contributed by atoms with E-state index in [2.05, 4.69) is 0 Å². The highest BCUT2D eigenvalue weighted by molar-refractivity contribution is 6.30. The summed E-state index contributed by atoms with van der Waals surface area (Å²) in [5, 5.41) is 0.630. The zero-order valence-electron chi connectivity index (χ0n) is 10.8. The van der Waals surface area contributed by atoms with Crippen LogP contribution in [0, 0.1) is 5.82 Å². The quantitative estimate of drug-likeness (QED) is 0.929. The van der Waals surface area contributed by atoms with Gasteiger partial charge in [-0.05, 0) is 42.8 Å². The van der Waals surface area contributed by atoms with Gasteiger partial charge >= 0.3 is 0 Å². The molecular formula is C15H15ClFNO. The minimum absolute atomic E-state index is 0.346. The van der Waals surface area contributed by atoms with Crippen LogP contribution in [-0.4, -0.2) is 7.11 Å². The lowest BCUT2D eigenvalue weighted by molar-refractivity contribution is 0.397. The Labute approximate surface area is 117 Å². The number of ether oxygens (including phenoxy) is 1. The molecule has 0 spiro atoms. The maximum absolute atomic E-state index is 13.5. The van der Waals surface area contributed by atoms with E-state index < -0.39 is 5.54 Å². The fourth-order valence-corrected chi connectivity index (χ4v) is 2.16. The van der Waals surface area contributed by atoms with E-state index >= 15 is 0 Å². The maximum atomic E-state index is 13.5. The van der Waals surface area contributed by atoms with E-state index in [1.54, 1.807) is 18.2 Å². The highest BCUT2D eigenvalue weighted by atomic mass is 35.5. The van der Waals surface area contributed by atoms with E-state index in [1.165, 1.54) is 19.2 Å². The lowest BCUT2D eigenvalue weighted by Crippen LogP contribution is -2.34. The predicted molar refractivity (Wildman–Crippen MR) is 75.0 cm³/mol. The Hall–Kier alpha value is -1.58. The molecule has 2 aromatic carbocycles. The van der Waals surface area contributed by atoms with E-state index in [1.807, 2.05) is 19.1 Å². The molecule has 0 radical (unpaired) electrons. The molecule has 0 aliphatic carbocycles. The molecule has 0 aromatic heterocycles. The molecule has 0 aliphatic rings. The van der Waals surface area contributed by atoms with Gasteiger partial charge in [-0.25, -0.2) is 4.39 Å². The Morgan fingerprint density at radius 3 is 2.37 bits per heavy atom. The average Bonchev–Trinajstić information content (AvgIpc) is 2.39. The van der Waals surface area contributed by atoms with Crippen LogP contribution in [-0.2, 0) is 5.54 Å². The number of hydrogen-bond donors (Lipinski definition) is 1. The third-order valence-corrected chi connectivity index (χ3v) is 3.42. The van der Waals surface area contributed by atoms with Crippen LogP contribution in [0.25, 0.3) is 0 Å². The summed E-state index contributed by atoms with van der Waals surface area (Å²) in [5.41, 5.74) is 6.93. The summed E-state index contributed by atoms with van der Waals surface area (Å²) >= 11 is 5.87. The smallest absolute Gasteiger partial charge is 0.124 e. The largest absolute Gasteiger partial charge is 0.496 e. The lowest BCUT2D eigenvalue weighted by Gasteiger charge is -2.27. The van der Waals surface area contributed by atoms with Crippen molar-refractivity contribution in [2.24, 2.45) is 5.73 Å². The number of nitrogens with two attached hydrogens (primary N) is 1. The average molecular weight is 280 g/mol. The fraction of sp³-hybridized carbons (Fsp3) is 0.200. The van der Waals surface area contributed by atoms with Crippen molar-refractivity contribution < 1.29 is 9.13 Å². The molecule has 2 nitrogen and oxygen atoms in total. The first kappa shape index (κ1) is 13.8. The normalized spacial score (nSPS) is 13.9. The molecule has 0 bridgehead atoms. The Kier molecular flexibility index (Phi) is 3.78. The fourth-order valence-electron chi connectivity index (χ4n) is 2.04. The molecule has 19 heavy (non-hydrogen) atoms. The summed E-state index contributed by atoms with van der Waals surface area (Å²) in [4.78, 5) is 0. The van der Waals surface area contributed by atoms with Crippen molar-refractivity contribution in [3.8, 4) is 5.75 Å². The van der Waals surface area contributed by atoms with Gasteiger partial charge in [-0.1, -0.05) is 23.7 Å². The van der Waals surface area contributed by atoms with Crippen molar-refractivity contribution in [1.29, 1.82) is 0 Å². The molecule has 0 fully saturated rings. The van der Waals surface area contributed by atoms with E-state index in [0.717, 1.165) is 5.56 Å². The molecule has 1 unspecified atom stereocenters. The number of benzene rings is 2. The Balaban J connectivity index is 2.55. The number of hydrogen-bond acceptors (Lipinski definition) is 2. The number of halogens is 2.